The van der Waals surface area contributed by atoms with E-state index in [0.29, 0.717) is 26.5 Å². The van der Waals surface area contributed by atoms with Gasteiger partial charge in [-0.2, -0.15) is 0 Å². The van der Waals surface area contributed by atoms with Crippen LogP contribution in [0.4, 0.5) is 0 Å². The maximum Gasteiger partial charge on any atom is 0.201 e. The summed E-state index contributed by atoms with van der Waals surface area (Å²) in [4.78, 5) is 8.16. The molecule has 0 aliphatic heterocycles. The third kappa shape index (κ3) is 4.92. The quantitative estimate of drug-likeness (QED) is 0.597. The zero-order valence-corrected chi connectivity index (χ0v) is 15.9. The van der Waals surface area contributed by atoms with Gasteiger partial charge in [0.15, 0.2) is 5.03 Å². The van der Waals surface area contributed by atoms with Gasteiger partial charge in [-0.15, -0.1) is 11.3 Å². The molecule has 5 nitrogen and oxygen atoms in total. The number of hydrogen-bond acceptors (Lipinski definition) is 6. The maximum atomic E-state index is 12.3. The van der Waals surface area contributed by atoms with Crippen molar-refractivity contribution in [1.29, 1.82) is 0 Å². The molecule has 2 aromatic heterocycles. The van der Waals surface area contributed by atoms with Gasteiger partial charge in [-0.1, -0.05) is 23.2 Å². The van der Waals surface area contributed by atoms with Crippen molar-refractivity contribution in [2.45, 2.75) is 17.4 Å². The van der Waals surface area contributed by atoms with E-state index >= 15 is 0 Å². The fourth-order valence-electron chi connectivity index (χ4n) is 1.97. The molecule has 0 amide bonds. The highest BCUT2D eigenvalue weighted by Crippen LogP contribution is 2.20. The first-order chi connectivity index (χ1) is 11.9. The van der Waals surface area contributed by atoms with Crippen molar-refractivity contribution in [2.75, 3.05) is 0 Å². The SMILES string of the molecule is O=S(=O)(Cc1csc(COc2ccc(Cl)cc2)n1)c1ccc(Cl)cn1. The van der Waals surface area contributed by atoms with E-state index in [-0.39, 0.29) is 17.4 Å². The second-order valence-corrected chi connectivity index (χ2v) is 8.80. The Morgan fingerprint density at radius 3 is 2.44 bits per heavy atom. The molecule has 0 bridgehead atoms. The van der Waals surface area contributed by atoms with Crippen molar-refractivity contribution < 1.29 is 13.2 Å². The second kappa shape index (κ2) is 7.70. The molecule has 0 atom stereocenters. The lowest BCUT2D eigenvalue weighted by Crippen LogP contribution is -2.07. The monoisotopic (exact) mass is 414 g/mol. The van der Waals surface area contributed by atoms with E-state index in [9.17, 15) is 8.42 Å². The number of nitrogens with zero attached hydrogens (tertiary/aromatic N) is 2. The first kappa shape index (κ1) is 18.1. The van der Waals surface area contributed by atoms with Crippen LogP contribution in [-0.4, -0.2) is 18.4 Å². The predicted molar refractivity (Wildman–Crippen MR) is 98.0 cm³/mol. The summed E-state index contributed by atoms with van der Waals surface area (Å²) in [5.41, 5.74) is 0.455. The molecule has 0 spiro atoms. The molecule has 25 heavy (non-hydrogen) atoms. The highest BCUT2D eigenvalue weighted by molar-refractivity contribution is 7.90. The summed E-state index contributed by atoms with van der Waals surface area (Å²) in [6.07, 6.45) is 1.31. The molecule has 130 valence electrons. The number of pyridine rings is 1. The van der Waals surface area contributed by atoms with E-state index in [1.54, 1.807) is 29.6 Å². The van der Waals surface area contributed by atoms with Gasteiger partial charge in [0.05, 0.1) is 16.5 Å². The fourth-order valence-corrected chi connectivity index (χ4v) is 4.19. The summed E-state index contributed by atoms with van der Waals surface area (Å²) in [6.45, 7) is 0.255. The Hall–Kier alpha value is -1.67. The van der Waals surface area contributed by atoms with Crippen molar-refractivity contribution in [3.05, 3.63) is 68.7 Å². The Balaban J connectivity index is 1.64. The first-order valence-corrected chi connectivity index (χ1v) is 10.4. The maximum absolute atomic E-state index is 12.3. The molecule has 0 saturated carbocycles. The van der Waals surface area contributed by atoms with Crippen LogP contribution in [0.15, 0.2) is 53.0 Å². The number of benzene rings is 1. The van der Waals surface area contributed by atoms with E-state index < -0.39 is 9.84 Å². The molecule has 0 N–H and O–H groups in total. The van der Waals surface area contributed by atoms with Gasteiger partial charge in [-0.25, -0.2) is 18.4 Å². The van der Waals surface area contributed by atoms with Crippen LogP contribution in [0, 0.1) is 0 Å². The van der Waals surface area contributed by atoms with Crippen LogP contribution in [0.25, 0.3) is 0 Å². The predicted octanol–water partition coefficient (Wildman–Crippen LogP) is 4.40. The van der Waals surface area contributed by atoms with Gasteiger partial charge in [0.25, 0.3) is 0 Å². The molecule has 1 aromatic carbocycles. The second-order valence-electron chi connectivity index (χ2n) is 5.05. The van der Waals surface area contributed by atoms with Crippen LogP contribution in [0.2, 0.25) is 10.0 Å². The normalized spacial score (nSPS) is 11.4. The minimum Gasteiger partial charge on any atom is -0.486 e. The standard InChI is InChI=1S/C16H12Cl2N2O3S2/c17-11-1-4-14(5-2-11)23-8-15-20-13(9-24-15)10-25(21,22)16-6-3-12(18)7-19-16/h1-7,9H,8,10H2. The summed E-state index contributed by atoms with van der Waals surface area (Å²) in [5, 5.41) is 3.38. The largest absolute Gasteiger partial charge is 0.486 e. The summed E-state index contributed by atoms with van der Waals surface area (Å²) in [6, 6.07) is 9.86. The zero-order valence-electron chi connectivity index (χ0n) is 12.7. The summed E-state index contributed by atoms with van der Waals surface area (Å²) >= 11 is 12.9. The number of halogens is 2. The van der Waals surface area contributed by atoms with Crippen LogP contribution < -0.4 is 4.74 Å². The Morgan fingerprint density at radius 2 is 1.76 bits per heavy atom. The van der Waals surface area contributed by atoms with Crippen molar-refractivity contribution in [3.8, 4) is 5.75 Å². The molecule has 0 radical (unpaired) electrons. The Labute approximate surface area is 159 Å². The minimum absolute atomic E-state index is 0.0242. The van der Waals surface area contributed by atoms with Crippen LogP contribution in [0.3, 0.4) is 0 Å². The molecule has 0 unspecified atom stereocenters. The molecule has 0 aliphatic rings. The van der Waals surface area contributed by atoms with Crippen LogP contribution in [-0.2, 0) is 22.2 Å². The lowest BCUT2D eigenvalue weighted by atomic mass is 10.3. The van der Waals surface area contributed by atoms with Gasteiger partial charge < -0.3 is 4.74 Å². The van der Waals surface area contributed by atoms with E-state index in [2.05, 4.69) is 9.97 Å². The number of rotatable bonds is 6. The number of thiazole rings is 1. The van der Waals surface area contributed by atoms with Gasteiger partial charge in [-0.05, 0) is 36.4 Å². The summed E-state index contributed by atoms with van der Waals surface area (Å²) < 4.78 is 30.3. The van der Waals surface area contributed by atoms with E-state index in [4.69, 9.17) is 27.9 Å². The topological polar surface area (TPSA) is 69.2 Å². The molecular weight excluding hydrogens is 403 g/mol. The third-order valence-electron chi connectivity index (χ3n) is 3.13. The minimum atomic E-state index is -3.57. The average Bonchev–Trinajstić information content (AvgIpc) is 3.01. The van der Waals surface area contributed by atoms with Crippen LogP contribution in [0.1, 0.15) is 10.7 Å². The first-order valence-electron chi connectivity index (χ1n) is 7.08. The zero-order chi connectivity index (χ0) is 17.9. The van der Waals surface area contributed by atoms with E-state index in [1.165, 1.54) is 29.7 Å². The number of aromatic nitrogens is 2. The van der Waals surface area contributed by atoms with E-state index in [0.717, 1.165) is 0 Å². The van der Waals surface area contributed by atoms with Gasteiger partial charge >= 0.3 is 0 Å². The number of hydrogen-bond donors (Lipinski definition) is 0. The van der Waals surface area contributed by atoms with Gasteiger partial charge in [0.2, 0.25) is 9.84 Å². The van der Waals surface area contributed by atoms with Gasteiger partial charge in [0.1, 0.15) is 17.4 Å². The summed E-state index contributed by atoms with van der Waals surface area (Å²) in [5.74, 6) is 0.443. The average molecular weight is 415 g/mol. The van der Waals surface area contributed by atoms with Crippen LogP contribution in [0.5, 0.6) is 5.75 Å². The molecule has 3 aromatic rings. The highest BCUT2D eigenvalue weighted by Gasteiger charge is 2.19. The lowest BCUT2D eigenvalue weighted by molar-refractivity contribution is 0.305. The van der Waals surface area contributed by atoms with Crippen molar-refractivity contribution in [3.63, 3.8) is 0 Å². The van der Waals surface area contributed by atoms with Crippen molar-refractivity contribution in [2.24, 2.45) is 0 Å². The molecule has 0 fully saturated rings. The summed E-state index contributed by atoms with van der Waals surface area (Å²) in [7, 11) is -3.57. The Bertz CT molecular complexity index is 956. The van der Waals surface area contributed by atoms with Gasteiger partial charge in [0, 0.05) is 16.6 Å². The third-order valence-corrected chi connectivity index (χ3v) is 6.03. The molecule has 0 saturated heterocycles. The van der Waals surface area contributed by atoms with Crippen molar-refractivity contribution >= 4 is 44.4 Å². The highest BCUT2D eigenvalue weighted by atomic mass is 35.5. The Kier molecular flexibility index (Phi) is 5.58. The molecular formula is C16H12Cl2N2O3S2. The van der Waals surface area contributed by atoms with E-state index in [1.807, 2.05) is 0 Å². The molecule has 3 rings (SSSR count). The molecule has 0 aliphatic carbocycles. The lowest BCUT2D eigenvalue weighted by Gasteiger charge is -2.03. The van der Waals surface area contributed by atoms with Crippen LogP contribution >= 0.6 is 34.5 Å². The molecule has 9 heteroatoms. The fraction of sp³-hybridized carbons (Fsp3) is 0.125. The molecule has 2 heterocycles. The van der Waals surface area contributed by atoms with Gasteiger partial charge in [-0.3, -0.25) is 0 Å². The van der Waals surface area contributed by atoms with Crippen molar-refractivity contribution in [1.82, 2.24) is 9.97 Å². The Morgan fingerprint density at radius 1 is 1.04 bits per heavy atom. The number of sulfone groups is 1. The smallest absolute Gasteiger partial charge is 0.201 e. The number of ether oxygens (including phenoxy) is 1.